The van der Waals surface area contributed by atoms with Crippen molar-refractivity contribution in [1.82, 2.24) is 5.32 Å². The highest BCUT2D eigenvalue weighted by molar-refractivity contribution is 5.28. The molecule has 0 radical (unpaired) electrons. The highest BCUT2D eigenvalue weighted by atomic mass is 16.5. The minimum Gasteiger partial charge on any atom is -0.497 e. The Bertz CT molecular complexity index is 390. The van der Waals surface area contributed by atoms with Gasteiger partial charge in [-0.05, 0) is 36.5 Å². The Morgan fingerprint density at radius 3 is 2.72 bits per heavy atom. The van der Waals surface area contributed by atoms with Crippen molar-refractivity contribution in [3.63, 3.8) is 0 Å². The molecule has 1 saturated carbocycles. The van der Waals surface area contributed by atoms with Crippen LogP contribution in [-0.2, 0) is 4.74 Å². The third kappa shape index (κ3) is 2.38. The van der Waals surface area contributed by atoms with Crippen LogP contribution in [0.3, 0.4) is 0 Å². The summed E-state index contributed by atoms with van der Waals surface area (Å²) in [6.45, 7) is 0.897. The second kappa shape index (κ2) is 5.29. The molecule has 0 aromatic heterocycles. The van der Waals surface area contributed by atoms with Crippen molar-refractivity contribution in [2.24, 2.45) is 5.92 Å². The van der Waals surface area contributed by atoms with E-state index in [1.807, 2.05) is 12.1 Å². The summed E-state index contributed by atoms with van der Waals surface area (Å²) in [6.07, 6.45) is 5.37. The maximum Gasteiger partial charge on any atom is 0.134 e. The van der Waals surface area contributed by atoms with Crippen molar-refractivity contribution < 1.29 is 9.47 Å². The second-order valence-corrected chi connectivity index (χ2v) is 5.30. The Morgan fingerprint density at radius 2 is 1.94 bits per heavy atom. The molecule has 1 aromatic rings. The fraction of sp³-hybridized carbons (Fsp3) is 0.600. The summed E-state index contributed by atoms with van der Waals surface area (Å²) in [5, 5.41) is 3.65. The third-order valence-corrected chi connectivity index (χ3v) is 4.17. The number of fused-ring (bicyclic) bond motifs is 1. The standard InChI is InChI=1S/C15H21NO2/c1-17-13-8-6-11(7-9-13)15-16-14-5-3-2-4-12(14)10-18-15/h6-9,12,14-16H,2-5,10H2,1H3. The molecule has 0 bridgehead atoms. The molecular formula is C15H21NO2. The summed E-state index contributed by atoms with van der Waals surface area (Å²) in [6, 6.07) is 8.79. The maximum atomic E-state index is 5.96. The molecule has 0 amide bonds. The molecule has 1 aliphatic heterocycles. The molecule has 3 atom stereocenters. The normalized spacial score (nSPS) is 31.7. The van der Waals surface area contributed by atoms with Gasteiger partial charge in [0.25, 0.3) is 0 Å². The van der Waals surface area contributed by atoms with Gasteiger partial charge < -0.3 is 9.47 Å². The third-order valence-electron chi connectivity index (χ3n) is 4.17. The first kappa shape index (κ1) is 12.0. The monoisotopic (exact) mass is 247 g/mol. The van der Waals surface area contributed by atoms with Gasteiger partial charge in [0.1, 0.15) is 12.0 Å². The molecule has 2 aliphatic rings. The van der Waals surface area contributed by atoms with Crippen LogP contribution >= 0.6 is 0 Å². The van der Waals surface area contributed by atoms with Crippen molar-refractivity contribution in [3.05, 3.63) is 29.8 Å². The molecule has 3 unspecified atom stereocenters. The van der Waals surface area contributed by atoms with Gasteiger partial charge >= 0.3 is 0 Å². The zero-order valence-electron chi connectivity index (χ0n) is 10.9. The van der Waals surface area contributed by atoms with E-state index in [4.69, 9.17) is 9.47 Å². The van der Waals surface area contributed by atoms with Crippen LogP contribution in [0.15, 0.2) is 24.3 Å². The molecule has 0 spiro atoms. The van der Waals surface area contributed by atoms with Gasteiger partial charge in [-0.25, -0.2) is 0 Å². The lowest BCUT2D eigenvalue weighted by molar-refractivity contribution is -0.0640. The van der Waals surface area contributed by atoms with Gasteiger partial charge in [0.2, 0.25) is 0 Å². The van der Waals surface area contributed by atoms with E-state index >= 15 is 0 Å². The lowest BCUT2D eigenvalue weighted by Gasteiger charge is -2.40. The van der Waals surface area contributed by atoms with Crippen molar-refractivity contribution >= 4 is 0 Å². The molecule has 1 aromatic carbocycles. The van der Waals surface area contributed by atoms with Crippen LogP contribution in [0.4, 0.5) is 0 Å². The zero-order chi connectivity index (χ0) is 12.4. The van der Waals surface area contributed by atoms with Crippen LogP contribution in [-0.4, -0.2) is 19.8 Å². The lowest BCUT2D eigenvalue weighted by Crippen LogP contribution is -2.48. The summed E-state index contributed by atoms with van der Waals surface area (Å²) in [4.78, 5) is 0. The Morgan fingerprint density at radius 1 is 1.17 bits per heavy atom. The van der Waals surface area contributed by atoms with Crippen LogP contribution < -0.4 is 10.1 Å². The molecule has 2 fully saturated rings. The quantitative estimate of drug-likeness (QED) is 0.871. The number of methoxy groups -OCH3 is 1. The molecule has 1 heterocycles. The summed E-state index contributed by atoms with van der Waals surface area (Å²) >= 11 is 0. The highest BCUT2D eigenvalue weighted by Gasteiger charge is 2.32. The van der Waals surface area contributed by atoms with E-state index in [9.17, 15) is 0 Å². The Labute approximate surface area is 108 Å². The molecule has 98 valence electrons. The smallest absolute Gasteiger partial charge is 0.134 e. The molecular weight excluding hydrogens is 226 g/mol. The van der Waals surface area contributed by atoms with Gasteiger partial charge in [0.15, 0.2) is 0 Å². The Balaban J connectivity index is 1.69. The number of nitrogens with one attached hydrogen (secondary N) is 1. The van der Waals surface area contributed by atoms with Gasteiger partial charge in [0.05, 0.1) is 13.7 Å². The number of benzene rings is 1. The van der Waals surface area contributed by atoms with Crippen molar-refractivity contribution in [1.29, 1.82) is 0 Å². The first-order chi connectivity index (χ1) is 8.86. The van der Waals surface area contributed by atoms with E-state index in [1.165, 1.54) is 31.2 Å². The summed E-state index contributed by atoms with van der Waals surface area (Å²) in [5.74, 6) is 1.61. The summed E-state index contributed by atoms with van der Waals surface area (Å²) < 4.78 is 11.1. The highest BCUT2D eigenvalue weighted by Crippen LogP contribution is 2.32. The van der Waals surface area contributed by atoms with Crippen molar-refractivity contribution in [3.8, 4) is 5.75 Å². The van der Waals surface area contributed by atoms with E-state index < -0.39 is 0 Å². The summed E-state index contributed by atoms with van der Waals surface area (Å²) in [5.41, 5.74) is 1.19. The zero-order valence-corrected chi connectivity index (χ0v) is 10.9. The average Bonchev–Trinajstić information content (AvgIpc) is 2.47. The minimum absolute atomic E-state index is 0.0512. The Hall–Kier alpha value is -1.06. The molecule has 18 heavy (non-hydrogen) atoms. The average molecular weight is 247 g/mol. The molecule has 1 N–H and O–H groups in total. The number of hydrogen-bond donors (Lipinski definition) is 1. The second-order valence-electron chi connectivity index (χ2n) is 5.30. The fourth-order valence-electron chi connectivity index (χ4n) is 3.06. The molecule has 3 heteroatoms. The van der Waals surface area contributed by atoms with Crippen LogP contribution in [0.25, 0.3) is 0 Å². The van der Waals surface area contributed by atoms with Crippen molar-refractivity contribution in [2.75, 3.05) is 13.7 Å². The van der Waals surface area contributed by atoms with Crippen LogP contribution in [0.1, 0.15) is 37.5 Å². The molecule has 3 nitrogen and oxygen atoms in total. The van der Waals surface area contributed by atoms with E-state index in [0.29, 0.717) is 12.0 Å². The topological polar surface area (TPSA) is 30.5 Å². The largest absolute Gasteiger partial charge is 0.497 e. The Kier molecular flexibility index (Phi) is 3.52. The van der Waals surface area contributed by atoms with E-state index in [0.717, 1.165) is 12.4 Å². The first-order valence-corrected chi connectivity index (χ1v) is 6.88. The van der Waals surface area contributed by atoms with Gasteiger partial charge in [0, 0.05) is 6.04 Å². The number of hydrogen-bond acceptors (Lipinski definition) is 3. The van der Waals surface area contributed by atoms with E-state index in [-0.39, 0.29) is 6.23 Å². The first-order valence-electron chi connectivity index (χ1n) is 6.88. The number of rotatable bonds is 2. The van der Waals surface area contributed by atoms with Crippen molar-refractivity contribution in [2.45, 2.75) is 38.0 Å². The van der Waals surface area contributed by atoms with Gasteiger partial charge in [-0.15, -0.1) is 0 Å². The van der Waals surface area contributed by atoms with Crippen LogP contribution in [0, 0.1) is 5.92 Å². The molecule has 1 aliphatic carbocycles. The van der Waals surface area contributed by atoms with E-state index in [2.05, 4.69) is 17.4 Å². The van der Waals surface area contributed by atoms with Crippen LogP contribution in [0.5, 0.6) is 5.75 Å². The van der Waals surface area contributed by atoms with E-state index in [1.54, 1.807) is 7.11 Å². The summed E-state index contributed by atoms with van der Waals surface area (Å²) in [7, 11) is 1.69. The fourth-order valence-corrected chi connectivity index (χ4v) is 3.06. The lowest BCUT2D eigenvalue weighted by atomic mass is 9.84. The van der Waals surface area contributed by atoms with Gasteiger partial charge in [-0.2, -0.15) is 0 Å². The SMILES string of the molecule is COc1ccc(C2NC3CCCCC3CO2)cc1. The van der Waals surface area contributed by atoms with Gasteiger partial charge in [-0.3, -0.25) is 5.32 Å². The molecule has 3 rings (SSSR count). The minimum atomic E-state index is 0.0512. The predicted molar refractivity (Wildman–Crippen MR) is 70.6 cm³/mol. The maximum absolute atomic E-state index is 5.96. The predicted octanol–water partition coefficient (Wildman–Crippen LogP) is 2.87. The molecule has 1 saturated heterocycles. The van der Waals surface area contributed by atoms with Crippen LogP contribution in [0.2, 0.25) is 0 Å². The number of ether oxygens (including phenoxy) is 2. The van der Waals surface area contributed by atoms with Gasteiger partial charge in [-0.1, -0.05) is 25.0 Å².